The van der Waals surface area contributed by atoms with Crippen LogP contribution in [0.15, 0.2) is 144 Å². The van der Waals surface area contributed by atoms with Crippen molar-refractivity contribution in [2.24, 2.45) is 0 Å². The van der Waals surface area contributed by atoms with E-state index < -0.39 is 0 Å². The molecule has 0 atom stereocenters. The lowest BCUT2D eigenvalue weighted by molar-refractivity contribution is 0.590. The Labute approximate surface area is 378 Å². The third-order valence-corrected chi connectivity index (χ3v) is 15.9. The summed E-state index contributed by atoms with van der Waals surface area (Å²) in [5.74, 6) is 0. The van der Waals surface area contributed by atoms with Crippen LogP contribution in [0.25, 0.3) is 91.9 Å². The van der Waals surface area contributed by atoms with Crippen LogP contribution in [0.3, 0.4) is 0 Å². The Balaban J connectivity index is 1.20. The highest BCUT2D eigenvalue weighted by atomic mass is 32.1. The van der Waals surface area contributed by atoms with Gasteiger partial charge in [-0.1, -0.05) is 146 Å². The first-order valence-electron chi connectivity index (χ1n) is 22.8. The Kier molecular flexibility index (Phi) is 7.59. The molecule has 0 radical (unpaired) electrons. The topological polar surface area (TPSA) is 30.1 Å². The van der Waals surface area contributed by atoms with Crippen molar-refractivity contribution in [3.8, 4) is 27.9 Å². The highest BCUT2D eigenvalue weighted by Crippen LogP contribution is 2.53. The zero-order chi connectivity index (χ0) is 43.6. The van der Waals surface area contributed by atoms with E-state index in [1.807, 2.05) is 11.3 Å². The fourth-order valence-electron chi connectivity index (χ4n) is 11.3. The standard InChI is InChI=1S/C59H49BN2OS/c1-57(2,3)32-21-24-34(25-22-32)61-45-31-49-39(36-16-10-13-19-48(36)63-49)28-40(45)53-54-55-51(52-37-17-11-14-20-50(37)64-56(52)53)41-27-33(58(4,5)6)23-26-46(41)62(55)47-30-43-38(29-44(47)60-54)35-15-9-12-18-42(35)59(43,7)8/h9-31,60-61H,1-8H3. The van der Waals surface area contributed by atoms with E-state index >= 15 is 0 Å². The first-order valence-corrected chi connectivity index (χ1v) is 23.6. The minimum atomic E-state index is -0.115. The summed E-state index contributed by atoms with van der Waals surface area (Å²) in [5.41, 5.74) is 21.1. The molecule has 0 unspecified atom stereocenters. The molecule has 310 valence electrons. The fourth-order valence-corrected chi connectivity index (χ4v) is 12.6. The molecule has 1 aliphatic heterocycles. The summed E-state index contributed by atoms with van der Waals surface area (Å²) in [6.45, 7) is 18.6. The van der Waals surface area contributed by atoms with Gasteiger partial charge in [0.2, 0.25) is 0 Å². The van der Waals surface area contributed by atoms with Crippen LogP contribution in [0, 0.1) is 0 Å². The number of aromatic nitrogens is 1. The van der Waals surface area contributed by atoms with Crippen LogP contribution in [-0.2, 0) is 16.2 Å². The van der Waals surface area contributed by atoms with Crippen LogP contribution in [0.4, 0.5) is 11.4 Å². The van der Waals surface area contributed by atoms with Crippen molar-refractivity contribution in [1.82, 2.24) is 4.57 Å². The number of para-hydroxylation sites is 1. The molecule has 1 N–H and O–H groups in total. The Bertz CT molecular complexity index is 3830. The van der Waals surface area contributed by atoms with Crippen molar-refractivity contribution in [1.29, 1.82) is 0 Å². The lowest BCUT2D eigenvalue weighted by atomic mass is 9.58. The third-order valence-electron chi connectivity index (χ3n) is 14.7. The number of hydrogen-bond acceptors (Lipinski definition) is 3. The number of nitrogens with zero attached hydrogens (tertiary/aromatic N) is 1. The SMILES string of the molecule is CC(C)(C)c1ccc(Nc2cc3oc4ccccc4c3cc2-c2c3c4c(c5cc(C(C)(C)C)ccc5n4-c4cc5c(cc4B3)-c3ccccc3C5(C)C)c3c2sc2ccccc23)cc1. The van der Waals surface area contributed by atoms with Crippen LogP contribution in [0.1, 0.15) is 77.6 Å². The molecule has 13 rings (SSSR count). The van der Waals surface area contributed by atoms with Crippen molar-refractivity contribution in [3.05, 3.63) is 162 Å². The maximum Gasteiger partial charge on any atom is 0.198 e. The van der Waals surface area contributed by atoms with Gasteiger partial charge in [-0.15, -0.1) is 11.3 Å². The lowest BCUT2D eigenvalue weighted by Crippen LogP contribution is -2.38. The summed E-state index contributed by atoms with van der Waals surface area (Å²) in [6.07, 6.45) is 0. The molecule has 1 aliphatic carbocycles. The average Bonchev–Trinajstić information content (AvgIpc) is 4.00. The number of nitrogens with one attached hydrogen (secondary N) is 1. The van der Waals surface area contributed by atoms with Gasteiger partial charge in [0.15, 0.2) is 7.28 Å². The molecule has 0 amide bonds. The number of anilines is 2. The molecule has 3 nitrogen and oxygen atoms in total. The van der Waals surface area contributed by atoms with Gasteiger partial charge in [0.05, 0.1) is 11.2 Å². The van der Waals surface area contributed by atoms with Gasteiger partial charge in [0.25, 0.3) is 0 Å². The quantitative estimate of drug-likeness (QED) is 0.180. The predicted octanol–water partition coefficient (Wildman–Crippen LogP) is 15.1. The molecule has 64 heavy (non-hydrogen) atoms. The van der Waals surface area contributed by atoms with Crippen molar-refractivity contribution < 1.29 is 4.42 Å². The summed E-state index contributed by atoms with van der Waals surface area (Å²) in [6, 6.07) is 52.7. The summed E-state index contributed by atoms with van der Waals surface area (Å²) in [7, 11) is 0.813. The highest BCUT2D eigenvalue weighted by molar-refractivity contribution is 7.26. The smallest absolute Gasteiger partial charge is 0.198 e. The first-order chi connectivity index (χ1) is 30.7. The number of benzene rings is 8. The van der Waals surface area contributed by atoms with Crippen LogP contribution in [-0.4, -0.2) is 11.8 Å². The monoisotopic (exact) mass is 844 g/mol. The van der Waals surface area contributed by atoms with Crippen molar-refractivity contribution in [2.45, 2.75) is 71.6 Å². The Morgan fingerprint density at radius 3 is 2.11 bits per heavy atom. The zero-order valence-corrected chi connectivity index (χ0v) is 38.6. The number of furan rings is 1. The van der Waals surface area contributed by atoms with E-state index in [0.29, 0.717) is 0 Å². The maximum atomic E-state index is 6.65. The second-order valence-electron chi connectivity index (χ2n) is 21.0. The molecule has 3 aromatic heterocycles. The van der Waals surface area contributed by atoms with E-state index in [4.69, 9.17) is 4.42 Å². The zero-order valence-electron chi connectivity index (χ0n) is 37.7. The molecule has 8 aromatic carbocycles. The summed E-state index contributed by atoms with van der Waals surface area (Å²) in [4.78, 5) is 0. The van der Waals surface area contributed by atoms with Gasteiger partial charge < -0.3 is 14.3 Å². The van der Waals surface area contributed by atoms with E-state index in [1.165, 1.54) is 103 Å². The maximum absolute atomic E-state index is 6.65. The van der Waals surface area contributed by atoms with E-state index in [9.17, 15) is 0 Å². The molecule has 4 heterocycles. The fraction of sp³-hybridized carbons (Fsp3) is 0.186. The third kappa shape index (κ3) is 5.22. The number of hydrogen-bond donors (Lipinski definition) is 1. The van der Waals surface area contributed by atoms with E-state index in [1.54, 1.807) is 0 Å². The minimum absolute atomic E-state index is 0.00957. The van der Waals surface area contributed by atoms with Gasteiger partial charge in [0, 0.05) is 75.7 Å². The number of fused-ring (bicyclic) bond motifs is 15. The number of thiophene rings is 1. The molecule has 0 fully saturated rings. The molecule has 0 saturated heterocycles. The van der Waals surface area contributed by atoms with E-state index in [2.05, 4.69) is 205 Å². The van der Waals surface area contributed by atoms with Crippen LogP contribution >= 0.6 is 11.3 Å². The second kappa shape index (κ2) is 12.8. The second-order valence-corrected chi connectivity index (χ2v) is 22.1. The Hall–Kier alpha value is -6.56. The molecule has 2 aliphatic rings. The normalized spacial score (nSPS) is 14.2. The average molecular weight is 845 g/mol. The van der Waals surface area contributed by atoms with Gasteiger partial charge in [-0.05, 0) is 104 Å². The van der Waals surface area contributed by atoms with Gasteiger partial charge in [-0.25, -0.2) is 0 Å². The Morgan fingerprint density at radius 1 is 0.594 bits per heavy atom. The first kappa shape index (κ1) is 38.0. The van der Waals surface area contributed by atoms with Crippen LogP contribution in [0.2, 0.25) is 0 Å². The molecule has 0 saturated carbocycles. The molecule has 0 bridgehead atoms. The van der Waals surface area contributed by atoms with Gasteiger partial charge in [-0.2, -0.15) is 0 Å². The van der Waals surface area contributed by atoms with Gasteiger partial charge >= 0.3 is 0 Å². The minimum Gasteiger partial charge on any atom is -0.456 e. The molecule has 0 spiro atoms. The van der Waals surface area contributed by atoms with E-state index in [0.717, 1.165) is 40.6 Å². The van der Waals surface area contributed by atoms with Crippen LogP contribution < -0.4 is 16.2 Å². The van der Waals surface area contributed by atoms with Crippen molar-refractivity contribution in [2.75, 3.05) is 5.32 Å². The summed E-state index contributed by atoms with van der Waals surface area (Å²) < 4.78 is 11.9. The van der Waals surface area contributed by atoms with Crippen LogP contribution in [0.5, 0.6) is 0 Å². The van der Waals surface area contributed by atoms with Gasteiger partial charge in [0.1, 0.15) is 11.2 Å². The highest BCUT2D eigenvalue weighted by Gasteiger charge is 2.39. The van der Waals surface area contributed by atoms with E-state index in [-0.39, 0.29) is 16.2 Å². The largest absolute Gasteiger partial charge is 0.456 e. The van der Waals surface area contributed by atoms with Crippen molar-refractivity contribution in [3.63, 3.8) is 0 Å². The number of rotatable bonds is 3. The summed E-state index contributed by atoms with van der Waals surface area (Å²) >= 11 is 1.94. The summed E-state index contributed by atoms with van der Waals surface area (Å²) in [5, 5.41) is 11.6. The molecule has 5 heteroatoms. The molecule has 11 aromatic rings. The molecular formula is C59H49BN2OS. The van der Waals surface area contributed by atoms with Gasteiger partial charge in [-0.3, -0.25) is 0 Å². The lowest BCUT2D eigenvalue weighted by Gasteiger charge is -2.27. The molecular weight excluding hydrogens is 796 g/mol. The predicted molar refractivity (Wildman–Crippen MR) is 277 cm³/mol. The Morgan fingerprint density at radius 2 is 1.31 bits per heavy atom. The van der Waals surface area contributed by atoms with Crippen molar-refractivity contribution >= 4 is 105 Å².